The first kappa shape index (κ1) is 14.3. The van der Waals surface area contributed by atoms with Gasteiger partial charge in [0.25, 0.3) is 10.0 Å². The smallest absolute Gasteiger partial charge is 0.260 e. The molecule has 0 atom stereocenters. The molecule has 0 aliphatic heterocycles. The van der Waals surface area contributed by atoms with Crippen molar-refractivity contribution in [2.24, 2.45) is 18.9 Å². The lowest BCUT2D eigenvalue weighted by Gasteiger charge is -2.26. The second-order valence-corrected chi connectivity index (χ2v) is 7.21. The van der Waals surface area contributed by atoms with Crippen molar-refractivity contribution in [3.8, 4) is 0 Å². The number of nitrogens with zero attached hydrogens (tertiary/aromatic N) is 2. The van der Waals surface area contributed by atoms with E-state index < -0.39 is 10.0 Å². The van der Waals surface area contributed by atoms with Crippen molar-refractivity contribution in [3.05, 3.63) is 6.33 Å². The lowest BCUT2D eigenvalue weighted by atomic mass is 9.83. The van der Waals surface area contributed by atoms with Crippen LogP contribution in [0, 0.1) is 11.8 Å². The molecule has 0 bridgehead atoms. The van der Waals surface area contributed by atoms with Gasteiger partial charge in [0.2, 0.25) is 0 Å². The summed E-state index contributed by atoms with van der Waals surface area (Å²) in [5.74, 6) is 1.24. The van der Waals surface area contributed by atoms with E-state index in [2.05, 4.69) is 16.6 Å². The van der Waals surface area contributed by atoms with Gasteiger partial charge in [-0.15, -0.1) is 0 Å². The van der Waals surface area contributed by atoms with E-state index in [9.17, 15) is 8.42 Å². The molecular weight excluding hydrogens is 264 g/mol. The Bertz CT molecular complexity index is 510. The molecule has 108 valence electrons. The number of nitrogens with one attached hydrogen (secondary N) is 1. The van der Waals surface area contributed by atoms with Gasteiger partial charge in [-0.05, 0) is 24.7 Å². The molecule has 0 saturated heterocycles. The van der Waals surface area contributed by atoms with E-state index in [1.807, 2.05) is 0 Å². The summed E-state index contributed by atoms with van der Waals surface area (Å²) in [7, 11) is -1.94. The number of imidazole rings is 1. The third-order valence-electron chi connectivity index (χ3n) is 3.86. The normalized spacial score (nSPS) is 24.5. The van der Waals surface area contributed by atoms with Gasteiger partial charge in [0, 0.05) is 13.6 Å². The van der Waals surface area contributed by atoms with Crippen LogP contribution in [0.4, 0.5) is 5.82 Å². The van der Waals surface area contributed by atoms with Gasteiger partial charge in [0.15, 0.2) is 10.8 Å². The van der Waals surface area contributed by atoms with E-state index in [-0.39, 0.29) is 10.8 Å². The van der Waals surface area contributed by atoms with Crippen LogP contribution in [0.2, 0.25) is 0 Å². The predicted octanol–water partition coefficient (Wildman–Crippen LogP) is 1.11. The number of rotatable bonds is 4. The quantitative estimate of drug-likeness (QED) is 0.867. The second-order valence-electron chi connectivity index (χ2n) is 5.52. The molecule has 1 saturated carbocycles. The van der Waals surface area contributed by atoms with Gasteiger partial charge in [-0.1, -0.05) is 19.8 Å². The maximum atomic E-state index is 12.2. The molecule has 1 aromatic rings. The standard InChI is InChI=1S/C12H22N4O2S/c1-9-3-5-10(6-4-9)7-15-19(17,18)12-11(13)14-8-16(12)2/h8-10,15H,3-7,13H2,1-2H3. The maximum Gasteiger partial charge on any atom is 0.260 e. The Morgan fingerprint density at radius 2 is 2.05 bits per heavy atom. The molecule has 1 aliphatic rings. The summed E-state index contributed by atoms with van der Waals surface area (Å²) in [5.41, 5.74) is 5.60. The van der Waals surface area contributed by atoms with Gasteiger partial charge in [-0.25, -0.2) is 18.1 Å². The Hall–Kier alpha value is -1.08. The number of nitrogens with two attached hydrogens (primary N) is 1. The van der Waals surface area contributed by atoms with Gasteiger partial charge in [-0.3, -0.25) is 0 Å². The summed E-state index contributed by atoms with van der Waals surface area (Å²) in [6.07, 6.45) is 5.95. The first-order valence-corrected chi connectivity index (χ1v) is 8.15. The lowest BCUT2D eigenvalue weighted by molar-refractivity contribution is 0.290. The minimum atomic E-state index is -3.57. The van der Waals surface area contributed by atoms with Crippen molar-refractivity contribution in [1.82, 2.24) is 14.3 Å². The highest BCUT2D eigenvalue weighted by Gasteiger charge is 2.25. The fourth-order valence-corrected chi connectivity index (χ4v) is 3.94. The fourth-order valence-electron chi connectivity index (χ4n) is 2.59. The van der Waals surface area contributed by atoms with Crippen molar-refractivity contribution < 1.29 is 8.42 Å². The lowest BCUT2D eigenvalue weighted by Crippen LogP contribution is -2.32. The topological polar surface area (TPSA) is 90.0 Å². The van der Waals surface area contributed by atoms with Crippen LogP contribution in [0.5, 0.6) is 0 Å². The summed E-state index contributed by atoms with van der Waals surface area (Å²) in [6, 6.07) is 0. The van der Waals surface area contributed by atoms with E-state index >= 15 is 0 Å². The molecule has 0 aromatic carbocycles. The van der Waals surface area contributed by atoms with Gasteiger partial charge < -0.3 is 10.3 Å². The molecular formula is C12H22N4O2S. The Labute approximate surface area is 114 Å². The highest BCUT2D eigenvalue weighted by atomic mass is 32.2. The molecule has 0 unspecified atom stereocenters. The summed E-state index contributed by atoms with van der Waals surface area (Å²) >= 11 is 0. The average Bonchev–Trinajstić information content (AvgIpc) is 2.69. The van der Waals surface area contributed by atoms with Gasteiger partial charge in [-0.2, -0.15) is 0 Å². The van der Waals surface area contributed by atoms with Crippen molar-refractivity contribution in [3.63, 3.8) is 0 Å². The second kappa shape index (κ2) is 5.50. The average molecular weight is 286 g/mol. The molecule has 1 fully saturated rings. The zero-order chi connectivity index (χ0) is 14.0. The molecule has 1 heterocycles. The number of anilines is 1. The molecule has 7 heteroatoms. The number of hydrogen-bond acceptors (Lipinski definition) is 4. The largest absolute Gasteiger partial charge is 0.381 e. The van der Waals surface area contributed by atoms with Crippen LogP contribution in [0.15, 0.2) is 11.4 Å². The molecule has 0 amide bonds. The SMILES string of the molecule is CC1CCC(CNS(=O)(=O)c2c(N)ncn2C)CC1. The summed E-state index contributed by atoms with van der Waals surface area (Å²) in [4.78, 5) is 3.81. The van der Waals surface area contributed by atoms with Crippen LogP contribution in [0.25, 0.3) is 0 Å². The molecule has 1 aliphatic carbocycles. The summed E-state index contributed by atoms with van der Waals surface area (Å²) < 4.78 is 28.5. The molecule has 2 rings (SSSR count). The third-order valence-corrected chi connectivity index (χ3v) is 5.41. The van der Waals surface area contributed by atoms with Gasteiger partial charge in [0.1, 0.15) is 0 Å². The van der Waals surface area contributed by atoms with Crippen molar-refractivity contribution in [2.45, 2.75) is 37.6 Å². The van der Waals surface area contributed by atoms with E-state index in [1.54, 1.807) is 7.05 Å². The first-order valence-electron chi connectivity index (χ1n) is 6.66. The number of nitrogen functional groups attached to an aromatic ring is 1. The Balaban J connectivity index is 1.99. The van der Waals surface area contributed by atoms with E-state index in [0.29, 0.717) is 12.5 Å². The molecule has 6 nitrogen and oxygen atoms in total. The van der Waals surface area contributed by atoms with Crippen LogP contribution in [-0.4, -0.2) is 24.5 Å². The van der Waals surface area contributed by atoms with Gasteiger partial charge >= 0.3 is 0 Å². The third kappa shape index (κ3) is 3.27. The van der Waals surface area contributed by atoms with E-state index in [0.717, 1.165) is 18.8 Å². The monoisotopic (exact) mass is 286 g/mol. The zero-order valence-corrected chi connectivity index (χ0v) is 12.3. The van der Waals surface area contributed by atoms with Crippen molar-refractivity contribution in [2.75, 3.05) is 12.3 Å². The molecule has 3 N–H and O–H groups in total. The summed E-state index contributed by atoms with van der Waals surface area (Å²) in [5, 5.41) is 0.0525. The fraction of sp³-hybridized carbons (Fsp3) is 0.750. The number of aryl methyl sites for hydroxylation is 1. The molecule has 19 heavy (non-hydrogen) atoms. The number of hydrogen-bond donors (Lipinski definition) is 2. The number of aromatic nitrogens is 2. The van der Waals surface area contributed by atoms with Crippen LogP contribution < -0.4 is 10.5 Å². The van der Waals surface area contributed by atoms with E-state index in [1.165, 1.54) is 23.7 Å². The van der Waals surface area contributed by atoms with Crippen LogP contribution in [0.1, 0.15) is 32.6 Å². The number of sulfonamides is 1. The van der Waals surface area contributed by atoms with Crippen LogP contribution in [-0.2, 0) is 17.1 Å². The van der Waals surface area contributed by atoms with Gasteiger partial charge in [0.05, 0.1) is 6.33 Å². The van der Waals surface area contributed by atoms with Crippen molar-refractivity contribution >= 4 is 15.8 Å². The molecule has 1 aromatic heterocycles. The van der Waals surface area contributed by atoms with Crippen LogP contribution in [0.3, 0.4) is 0 Å². The zero-order valence-electron chi connectivity index (χ0n) is 11.5. The van der Waals surface area contributed by atoms with Crippen molar-refractivity contribution in [1.29, 1.82) is 0 Å². The summed E-state index contributed by atoms with van der Waals surface area (Å²) in [6.45, 7) is 2.73. The molecule has 0 radical (unpaired) electrons. The van der Waals surface area contributed by atoms with E-state index in [4.69, 9.17) is 5.73 Å². The minimum Gasteiger partial charge on any atom is -0.381 e. The predicted molar refractivity (Wildman–Crippen MR) is 73.9 cm³/mol. The maximum absolute atomic E-state index is 12.2. The highest BCUT2D eigenvalue weighted by molar-refractivity contribution is 7.89. The minimum absolute atomic E-state index is 0.0484. The Morgan fingerprint density at radius 3 is 2.58 bits per heavy atom. The first-order chi connectivity index (χ1) is 8.90. The molecule has 0 spiro atoms. The Kier molecular flexibility index (Phi) is 4.15. The Morgan fingerprint density at radius 1 is 1.42 bits per heavy atom. The highest BCUT2D eigenvalue weighted by Crippen LogP contribution is 2.28. The van der Waals surface area contributed by atoms with Crippen LogP contribution >= 0.6 is 0 Å².